The van der Waals surface area contributed by atoms with Gasteiger partial charge < -0.3 is 9.47 Å². The Kier molecular flexibility index (Phi) is 3.21. The molecule has 3 aromatic rings. The topological polar surface area (TPSA) is 77.0 Å². The summed E-state index contributed by atoms with van der Waals surface area (Å²) in [7, 11) is 0. The number of fused-ring (bicyclic) bond motifs is 1. The van der Waals surface area contributed by atoms with E-state index in [4.69, 9.17) is 0 Å². The zero-order valence-corrected chi connectivity index (χ0v) is 12.5. The van der Waals surface area contributed by atoms with Crippen LogP contribution in [0.15, 0.2) is 24.5 Å². The molecule has 8 nitrogen and oxygen atoms in total. The predicted molar refractivity (Wildman–Crippen MR) is 80.4 cm³/mol. The molecule has 1 aliphatic heterocycles. The summed E-state index contributed by atoms with van der Waals surface area (Å²) < 4.78 is 3.69. The van der Waals surface area contributed by atoms with Gasteiger partial charge in [-0.2, -0.15) is 0 Å². The van der Waals surface area contributed by atoms with Gasteiger partial charge in [-0.25, -0.2) is 4.98 Å². The molecule has 1 saturated heterocycles. The summed E-state index contributed by atoms with van der Waals surface area (Å²) in [5.41, 5.74) is 0.660. The SMILES string of the molecule is CCn1ccnc1C1CCCCN1c1ccc2nnnn2n1. The van der Waals surface area contributed by atoms with Crippen LogP contribution in [0.3, 0.4) is 0 Å². The predicted octanol–water partition coefficient (Wildman–Crippen LogP) is 1.47. The van der Waals surface area contributed by atoms with Crippen molar-refractivity contribution in [3.8, 4) is 0 Å². The maximum atomic E-state index is 4.59. The Balaban J connectivity index is 1.73. The Hall–Kier alpha value is -2.51. The lowest BCUT2D eigenvalue weighted by molar-refractivity contribution is 0.437. The van der Waals surface area contributed by atoms with Gasteiger partial charge in [-0.3, -0.25) is 0 Å². The summed E-state index contributed by atoms with van der Waals surface area (Å²) in [5, 5.41) is 16.0. The zero-order chi connectivity index (χ0) is 14.9. The third-order valence-electron chi connectivity index (χ3n) is 4.24. The molecule has 0 bridgehead atoms. The third-order valence-corrected chi connectivity index (χ3v) is 4.24. The molecule has 114 valence electrons. The Morgan fingerprint density at radius 2 is 2.23 bits per heavy atom. The molecule has 0 aromatic carbocycles. The van der Waals surface area contributed by atoms with Crippen LogP contribution in [0.1, 0.15) is 38.1 Å². The molecule has 1 unspecified atom stereocenters. The van der Waals surface area contributed by atoms with E-state index >= 15 is 0 Å². The van der Waals surface area contributed by atoms with Crippen LogP contribution < -0.4 is 4.90 Å². The van der Waals surface area contributed by atoms with Crippen LogP contribution in [-0.2, 0) is 6.54 Å². The van der Waals surface area contributed by atoms with Crippen molar-refractivity contribution >= 4 is 11.5 Å². The molecule has 0 aliphatic carbocycles. The number of piperidine rings is 1. The number of hydrogen-bond acceptors (Lipinski definition) is 6. The molecule has 0 spiro atoms. The zero-order valence-electron chi connectivity index (χ0n) is 12.5. The number of imidazole rings is 1. The van der Waals surface area contributed by atoms with Gasteiger partial charge in [0.25, 0.3) is 0 Å². The number of hydrogen-bond donors (Lipinski definition) is 0. The van der Waals surface area contributed by atoms with E-state index in [0.29, 0.717) is 5.65 Å². The van der Waals surface area contributed by atoms with Crippen LogP contribution in [0.5, 0.6) is 0 Å². The van der Waals surface area contributed by atoms with Gasteiger partial charge >= 0.3 is 0 Å². The van der Waals surface area contributed by atoms with Gasteiger partial charge in [-0.15, -0.1) is 14.8 Å². The molecule has 1 aliphatic rings. The molecule has 3 aromatic heterocycles. The first-order valence-corrected chi connectivity index (χ1v) is 7.70. The summed E-state index contributed by atoms with van der Waals surface area (Å²) in [6.45, 7) is 4.05. The number of tetrazole rings is 1. The Morgan fingerprint density at radius 1 is 1.27 bits per heavy atom. The van der Waals surface area contributed by atoms with E-state index in [1.54, 1.807) is 0 Å². The molecule has 0 amide bonds. The first-order chi connectivity index (χ1) is 10.9. The van der Waals surface area contributed by atoms with Crippen LogP contribution >= 0.6 is 0 Å². The minimum absolute atomic E-state index is 0.255. The van der Waals surface area contributed by atoms with Gasteiger partial charge in [0.2, 0.25) is 0 Å². The molecular formula is C14H18N8. The smallest absolute Gasteiger partial charge is 0.200 e. The highest BCUT2D eigenvalue weighted by Crippen LogP contribution is 2.33. The summed E-state index contributed by atoms with van der Waals surface area (Å²) in [4.78, 5) is 6.90. The standard InChI is InChI=1S/C14H18N8/c1-2-20-10-8-15-14(20)11-5-3-4-9-21(11)13-7-6-12-16-18-19-22(12)17-13/h6-8,10-11H,2-5,9H2,1H3. The van der Waals surface area contributed by atoms with Crippen molar-refractivity contribution in [2.75, 3.05) is 11.4 Å². The van der Waals surface area contributed by atoms with Crippen molar-refractivity contribution in [3.63, 3.8) is 0 Å². The van der Waals surface area contributed by atoms with Crippen LogP contribution in [0.4, 0.5) is 5.82 Å². The van der Waals surface area contributed by atoms with Crippen molar-refractivity contribution in [1.29, 1.82) is 0 Å². The Labute approximate surface area is 127 Å². The monoisotopic (exact) mass is 298 g/mol. The van der Waals surface area contributed by atoms with Gasteiger partial charge in [0.1, 0.15) is 5.82 Å². The van der Waals surface area contributed by atoms with E-state index in [2.05, 4.69) is 42.0 Å². The number of rotatable bonds is 3. The third kappa shape index (κ3) is 2.11. The average Bonchev–Trinajstić information content (AvgIpc) is 3.22. The number of aryl methyl sites for hydroxylation is 1. The summed E-state index contributed by atoms with van der Waals surface area (Å²) >= 11 is 0. The van der Waals surface area contributed by atoms with E-state index in [0.717, 1.165) is 31.2 Å². The fourth-order valence-electron chi connectivity index (χ4n) is 3.15. The molecule has 0 N–H and O–H groups in total. The second-order valence-electron chi connectivity index (χ2n) is 5.49. The van der Waals surface area contributed by atoms with Crippen LogP contribution in [0.25, 0.3) is 5.65 Å². The summed E-state index contributed by atoms with van der Waals surface area (Å²) in [6, 6.07) is 4.15. The van der Waals surface area contributed by atoms with E-state index in [9.17, 15) is 0 Å². The largest absolute Gasteiger partial charge is 0.345 e. The first kappa shape index (κ1) is 13.2. The number of nitrogens with zero attached hydrogens (tertiary/aromatic N) is 8. The second kappa shape index (κ2) is 5.36. The van der Waals surface area contributed by atoms with Gasteiger partial charge in [0.15, 0.2) is 11.5 Å². The van der Waals surface area contributed by atoms with E-state index in [-0.39, 0.29) is 6.04 Å². The number of aromatic nitrogens is 7. The van der Waals surface area contributed by atoms with E-state index in [1.807, 2.05) is 24.5 Å². The molecular weight excluding hydrogens is 280 g/mol. The second-order valence-corrected chi connectivity index (χ2v) is 5.49. The van der Waals surface area contributed by atoms with Crippen molar-refractivity contribution in [3.05, 3.63) is 30.4 Å². The molecule has 1 fully saturated rings. The molecule has 8 heteroatoms. The first-order valence-electron chi connectivity index (χ1n) is 7.70. The Morgan fingerprint density at radius 3 is 3.14 bits per heavy atom. The highest BCUT2D eigenvalue weighted by Gasteiger charge is 2.28. The lowest BCUT2D eigenvalue weighted by Gasteiger charge is -2.36. The molecule has 0 saturated carbocycles. The fourth-order valence-corrected chi connectivity index (χ4v) is 3.15. The van der Waals surface area contributed by atoms with E-state index < -0.39 is 0 Å². The quantitative estimate of drug-likeness (QED) is 0.728. The highest BCUT2D eigenvalue weighted by atomic mass is 15.6. The highest BCUT2D eigenvalue weighted by molar-refractivity contribution is 5.46. The molecule has 4 heterocycles. The lowest BCUT2D eigenvalue weighted by atomic mass is 10.0. The normalized spacial score (nSPS) is 19.0. The molecule has 0 radical (unpaired) electrons. The molecule has 1 atom stereocenters. The van der Waals surface area contributed by atoms with Crippen LogP contribution in [0, 0.1) is 0 Å². The number of anilines is 1. The fraction of sp³-hybridized carbons (Fsp3) is 0.500. The van der Waals surface area contributed by atoms with Crippen molar-refractivity contribution in [1.82, 2.24) is 34.8 Å². The van der Waals surface area contributed by atoms with Crippen molar-refractivity contribution in [2.45, 2.75) is 38.8 Å². The Bertz CT molecular complexity index is 776. The minimum atomic E-state index is 0.255. The van der Waals surface area contributed by atoms with Gasteiger partial charge in [0, 0.05) is 25.5 Å². The average molecular weight is 298 g/mol. The van der Waals surface area contributed by atoms with Gasteiger partial charge in [-0.1, -0.05) is 0 Å². The van der Waals surface area contributed by atoms with Crippen LogP contribution in [-0.4, -0.2) is 41.4 Å². The van der Waals surface area contributed by atoms with Crippen molar-refractivity contribution < 1.29 is 0 Å². The van der Waals surface area contributed by atoms with Crippen molar-refractivity contribution in [2.24, 2.45) is 0 Å². The van der Waals surface area contributed by atoms with Gasteiger partial charge in [0.05, 0.1) is 6.04 Å². The maximum Gasteiger partial charge on any atom is 0.200 e. The summed E-state index contributed by atoms with van der Waals surface area (Å²) in [5.74, 6) is 2.01. The lowest BCUT2D eigenvalue weighted by Crippen LogP contribution is -2.36. The van der Waals surface area contributed by atoms with Gasteiger partial charge in [-0.05, 0) is 48.7 Å². The molecule has 22 heavy (non-hydrogen) atoms. The van der Waals surface area contributed by atoms with E-state index in [1.165, 1.54) is 17.5 Å². The van der Waals surface area contributed by atoms with Crippen LogP contribution in [0.2, 0.25) is 0 Å². The molecule has 4 rings (SSSR count). The maximum absolute atomic E-state index is 4.59. The summed E-state index contributed by atoms with van der Waals surface area (Å²) in [6.07, 6.45) is 7.39. The minimum Gasteiger partial charge on any atom is -0.345 e.